The molecule has 0 bridgehead atoms. The van der Waals surface area contributed by atoms with Crippen LogP contribution in [0.15, 0.2) is 51.1 Å². The highest BCUT2D eigenvalue weighted by atomic mass is 16.3. The maximum absolute atomic E-state index is 12.3. The average Bonchev–Trinajstić information content (AvgIpc) is 2.69. The van der Waals surface area contributed by atoms with E-state index in [2.05, 4.69) is 26.0 Å². The monoisotopic (exact) mass is 382 g/mol. The Balaban J connectivity index is 1.74. The van der Waals surface area contributed by atoms with E-state index in [9.17, 15) is 19.5 Å². The molecule has 0 aliphatic heterocycles. The molecule has 144 valence electrons. The van der Waals surface area contributed by atoms with Gasteiger partial charge in [-0.15, -0.1) is 5.10 Å². The minimum Gasteiger partial charge on any atom is -0.507 e. The van der Waals surface area contributed by atoms with E-state index in [0.717, 1.165) is 10.8 Å². The molecule has 3 rings (SSSR count). The summed E-state index contributed by atoms with van der Waals surface area (Å²) < 4.78 is 0. The third-order valence-electron chi connectivity index (χ3n) is 4.06. The zero-order valence-electron chi connectivity index (χ0n) is 14.9. The number of phenols is 1. The summed E-state index contributed by atoms with van der Waals surface area (Å²) in [7, 11) is 0. The molecule has 0 spiro atoms. The van der Waals surface area contributed by atoms with Crippen LogP contribution in [0.1, 0.15) is 18.9 Å². The molecule has 28 heavy (non-hydrogen) atoms. The molecule has 1 unspecified atom stereocenters. The van der Waals surface area contributed by atoms with Crippen LogP contribution in [0.3, 0.4) is 0 Å². The van der Waals surface area contributed by atoms with E-state index in [4.69, 9.17) is 0 Å². The number of anilines is 1. The van der Waals surface area contributed by atoms with Crippen molar-refractivity contribution in [1.29, 1.82) is 0 Å². The lowest BCUT2D eigenvalue weighted by molar-refractivity contribution is -0.121. The van der Waals surface area contributed by atoms with Crippen LogP contribution in [0, 0.1) is 0 Å². The molecule has 0 aliphatic carbocycles. The fourth-order valence-corrected chi connectivity index (χ4v) is 2.62. The van der Waals surface area contributed by atoms with Crippen molar-refractivity contribution >= 4 is 28.7 Å². The first-order valence-electron chi connectivity index (χ1n) is 8.48. The highest BCUT2D eigenvalue weighted by Crippen LogP contribution is 2.25. The Morgan fingerprint density at radius 2 is 2.07 bits per heavy atom. The molecule has 3 aromatic rings. The Labute approximate surface area is 158 Å². The van der Waals surface area contributed by atoms with Gasteiger partial charge in [-0.25, -0.2) is 15.3 Å². The molecule has 1 atom stereocenters. The number of phenolic OH excluding ortho intramolecular Hbond substituents is 1. The first-order valence-corrected chi connectivity index (χ1v) is 8.48. The third-order valence-corrected chi connectivity index (χ3v) is 4.06. The minimum absolute atomic E-state index is 0.0332. The zero-order chi connectivity index (χ0) is 20.1. The lowest BCUT2D eigenvalue weighted by Gasteiger charge is -2.14. The zero-order valence-corrected chi connectivity index (χ0v) is 14.9. The summed E-state index contributed by atoms with van der Waals surface area (Å²) in [4.78, 5) is 37.0. The number of fused-ring (bicyclic) bond motifs is 1. The summed E-state index contributed by atoms with van der Waals surface area (Å²) in [6.07, 6.45) is 1.69. The number of nitrogens with zero attached hydrogens (tertiary/aromatic N) is 2. The number of aromatic nitrogens is 3. The number of hydrogen-bond donors (Lipinski definition) is 5. The molecule has 2 aromatic carbocycles. The van der Waals surface area contributed by atoms with Crippen molar-refractivity contribution in [1.82, 2.24) is 20.6 Å². The van der Waals surface area contributed by atoms with Crippen molar-refractivity contribution in [2.24, 2.45) is 5.10 Å². The number of benzene rings is 2. The van der Waals surface area contributed by atoms with E-state index in [-0.39, 0.29) is 11.6 Å². The van der Waals surface area contributed by atoms with Gasteiger partial charge in [0.2, 0.25) is 5.82 Å². The van der Waals surface area contributed by atoms with E-state index in [0.29, 0.717) is 12.0 Å². The Morgan fingerprint density at radius 3 is 2.82 bits per heavy atom. The second-order valence-electron chi connectivity index (χ2n) is 5.91. The first-order chi connectivity index (χ1) is 13.5. The predicted octanol–water partition coefficient (Wildman–Crippen LogP) is 0.658. The van der Waals surface area contributed by atoms with E-state index >= 15 is 0 Å². The number of rotatable bonds is 6. The number of carbonyl (C=O) groups excluding carboxylic acids is 1. The molecular weight excluding hydrogens is 364 g/mol. The van der Waals surface area contributed by atoms with Crippen molar-refractivity contribution in [2.75, 3.05) is 5.32 Å². The smallest absolute Gasteiger partial charge is 0.342 e. The molecule has 1 heterocycles. The summed E-state index contributed by atoms with van der Waals surface area (Å²) in [5, 5.41) is 24.0. The van der Waals surface area contributed by atoms with E-state index in [1.807, 2.05) is 29.2 Å². The average molecular weight is 382 g/mol. The SMILES string of the molecule is CCC(Nc1n[nH]c(=O)[nH]c1=O)C(=O)NN=Cc1c(O)ccc2ccccc12. The molecule has 0 radical (unpaired) electrons. The number of nitrogens with one attached hydrogen (secondary N) is 4. The van der Waals surface area contributed by atoms with Gasteiger partial charge in [-0.1, -0.05) is 37.3 Å². The van der Waals surface area contributed by atoms with Gasteiger partial charge < -0.3 is 10.4 Å². The van der Waals surface area contributed by atoms with Gasteiger partial charge in [-0.05, 0) is 23.3 Å². The molecule has 10 nitrogen and oxygen atoms in total. The molecule has 0 fully saturated rings. The normalized spacial score (nSPS) is 12.2. The molecule has 0 saturated heterocycles. The number of aromatic amines is 2. The lowest BCUT2D eigenvalue weighted by atomic mass is 10.0. The Bertz CT molecular complexity index is 1150. The Hall–Kier alpha value is -3.95. The largest absolute Gasteiger partial charge is 0.507 e. The van der Waals surface area contributed by atoms with Crippen LogP contribution in [-0.2, 0) is 4.79 Å². The van der Waals surface area contributed by atoms with Crippen molar-refractivity contribution in [2.45, 2.75) is 19.4 Å². The second kappa shape index (κ2) is 8.16. The van der Waals surface area contributed by atoms with Crippen LogP contribution in [0.5, 0.6) is 5.75 Å². The fraction of sp³-hybridized carbons (Fsp3) is 0.167. The van der Waals surface area contributed by atoms with Gasteiger partial charge in [0.1, 0.15) is 11.8 Å². The minimum atomic E-state index is -0.808. The van der Waals surface area contributed by atoms with Crippen LogP contribution in [-0.4, -0.2) is 38.5 Å². The van der Waals surface area contributed by atoms with Gasteiger partial charge in [-0.2, -0.15) is 5.10 Å². The van der Waals surface area contributed by atoms with Gasteiger partial charge in [0, 0.05) is 5.56 Å². The fourth-order valence-electron chi connectivity index (χ4n) is 2.62. The van der Waals surface area contributed by atoms with E-state index in [1.54, 1.807) is 19.1 Å². The topological polar surface area (TPSA) is 152 Å². The van der Waals surface area contributed by atoms with Crippen molar-refractivity contribution in [3.8, 4) is 5.75 Å². The number of hydrogen-bond acceptors (Lipinski definition) is 7. The highest BCUT2D eigenvalue weighted by Gasteiger charge is 2.18. The highest BCUT2D eigenvalue weighted by molar-refractivity contribution is 6.02. The molecule has 5 N–H and O–H groups in total. The lowest BCUT2D eigenvalue weighted by Crippen LogP contribution is -2.39. The summed E-state index contributed by atoms with van der Waals surface area (Å²) in [6, 6.07) is 9.98. The number of H-pyrrole nitrogens is 2. The van der Waals surface area contributed by atoms with Crippen molar-refractivity contribution in [3.63, 3.8) is 0 Å². The molecule has 10 heteroatoms. The van der Waals surface area contributed by atoms with Gasteiger partial charge in [0.25, 0.3) is 11.5 Å². The van der Waals surface area contributed by atoms with Crippen LogP contribution in [0.25, 0.3) is 10.8 Å². The molecule has 1 amide bonds. The van der Waals surface area contributed by atoms with Gasteiger partial charge in [-0.3, -0.25) is 14.6 Å². The number of hydrazone groups is 1. The summed E-state index contributed by atoms with van der Waals surface area (Å²) in [6.45, 7) is 1.73. The molecule has 1 aromatic heterocycles. The predicted molar refractivity (Wildman–Crippen MR) is 105 cm³/mol. The van der Waals surface area contributed by atoms with Crippen molar-refractivity contribution < 1.29 is 9.90 Å². The molecule has 0 saturated carbocycles. The van der Waals surface area contributed by atoms with Crippen LogP contribution < -0.4 is 22.0 Å². The van der Waals surface area contributed by atoms with E-state index < -0.39 is 23.2 Å². The van der Waals surface area contributed by atoms with Crippen molar-refractivity contribution in [3.05, 3.63) is 62.8 Å². The van der Waals surface area contributed by atoms with Gasteiger partial charge in [0.05, 0.1) is 6.21 Å². The van der Waals surface area contributed by atoms with Crippen LogP contribution in [0.2, 0.25) is 0 Å². The quantitative estimate of drug-likeness (QED) is 0.312. The van der Waals surface area contributed by atoms with Crippen LogP contribution >= 0.6 is 0 Å². The summed E-state index contributed by atoms with van der Waals surface area (Å²) in [5.74, 6) is -0.658. The number of carbonyl (C=O) groups is 1. The standard InChI is InChI=1S/C18H18N6O4/c1-2-13(20-15-17(27)21-18(28)24-22-15)16(26)23-19-9-12-11-6-4-3-5-10(11)7-8-14(12)25/h3-9,13,25H,2H2,1H3,(H,20,22)(H,23,26)(H2,21,24,27,28). The van der Waals surface area contributed by atoms with E-state index in [1.165, 1.54) is 6.21 Å². The third kappa shape index (κ3) is 4.06. The Kier molecular flexibility index (Phi) is 5.49. The number of amides is 1. The molecule has 0 aliphatic rings. The first kappa shape index (κ1) is 18.8. The van der Waals surface area contributed by atoms with Gasteiger partial charge in [0.15, 0.2) is 0 Å². The molecular formula is C18H18N6O4. The number of aromatic hydroxyl groups is 1. The summed E-state index contributed by atoms with van der Waals surface area (Å²) in [5.41, 5.74) is 1.36. The van der Waals surface area contributed by atoms with Crippen LogP contribution in [0.4, 0.5) is 5.82 Å². The summed E-state index contributed by atoms with van der Waals surface area (Å²) >= 11 is 0. The maximum atomic E-state index is 12.3. The second-order valence-corrected chi connectivity index (χ2v) is 5.91. The van der Waals surface area contributed by atoms with Gasteiger partial charge >= 0.3 is 5.69 Å². The Morgan fingerprint density at radius 1 is 1.29 bits per heavy atom. The maximum Gasteiger partial charge on any atom is 0.342 e.